The third-order valence-corrected chi connectivity index (χ3v) is 6.43. The quantitative estimate of drug-likeness (QED) is 0.902. The lowest BCUT2D eigenvalue weighted by molar-refractivity contribution is 0.341. The van der Waals surface area contributed by atoms with Crippen molar-refractivity contribution in [3.8, 4) is 5.75 Å². The molecule has 5 heteroatoms. The zero-order valence-electron chi connectivity index (χ0n) is 10.8. The summed E-state index contributed by atoms with van der Waals surface area (Å²) in [6.07, 6.45) is 2.20. The van der Waals surface area contributed by atoms with Crippen LogP contribution < -0.4 is 10.5 Å². The maximum atomic E-state index is 12.7. The van der Waals surface area contributed by atoms with Gasteiger partial charge in [0.15, 0.2) is 9.84 Å². The smallest absolute Gasteiger partial charge is 0.188 e. The minimum absolute atomic E-state index is 0.173. The molecule has 1 aromatic rings. The Hall–Kier alpha value is -1.07. The number of hydrogen-bond acceptors (Lipinski definition) is 4. The van der Waals surface area contributed by atoms with Gasteiger partial charge < -0.3 is 10.5 Å². The average molecular weight is 269 g/mol. The Labute approximate surface area is 108 Å². The van der Waals surface area contributed by atoms with Crippen molar-refractivity contribution in [1.29, 1.82) is 0 Å². The SMILES string of the molecule is COc1ccc(C)cc1S(=O)(=O)C1(CN)CCC1. The van der Waals surface area contributed by atoms with Gasteiger partial charge in [0.25, 0.3) is 0 Å². The van der Waals surface area contributed by atoms with E-state index in [2.05, 4.69) is 0 Å². The predicted molar refractivity (Wildman–Crippen MR) is 70.6 cm³/mol. The fourth-order valence-electron chi connectivity index (χ4n) is 2.38. The minimum atomic E-state index is -3.43. The predicted octanol–water partition coefficient (Wildman–Crippen LogP) is 1.66. The summed E-state index contributed by atoms with van der Waals surface area (Å²) < 4.78 is 29.9. The highest BCUT2D eigenvalue weighted by Crippen LogP contribution is 2.44. The number of rotatable bonds is 4. The first-order chi connectivity index (χ1) is 8.47. The van der Waals surface area contributed by atoms with Crippen LogP contribution in [0.3, 0.4) is 0 Å². The average Bonchev–Trinajstić information content (AvgIpc) is 2.27. The third-order valence-electron chi connectivity index (χ3n) is 3.82. The molecule has 18 heavy (non-hydrogen) atoms. The standard InChI is InChI=1S/C13H19NO3S/c1-10-4-5-11(17-2)12(8-10)18(15,16)13(9-14)6-3-7-13/h4-5,8H,3,6-7,9,14H2,1-2H3. The van der Waals surface area contributed by atoms with Gasteiger partial charge in [-0.1, -0.05) is 12.5 Å². The van der Waals surface area contributed by atoms with Gasteiger partial charge in [-0.2, -0.15) is 0 Å². The topological polar surface area (TPSA) is 69.4 Å². The van der Waals surface area contributed by atoms with E-state index in [0.717, 1.165) is 12.0 Å². The molecule has 0 amide bonds. The number of benzene rings is 1. The Balaban J connectivity index is 2.57. The molecule has 1 fully saturated rings. The zero-order valence-corrected chi connectivity index (χ0v) is 11.6. The highest BCUT2D eigenvalue weighted by molar-refractivity contribution is 7.93. The van der Waals surface area contributed by atoms with Crippen molar-refractivity contribution in [2.24, 2.45) is 5.73 Å². The Bertz CT molecular complexity index is 542. The number of sulfone groups is 1. The number of nitrogens with two attached hydrogens (primary N) is 1. The Morgan fingerprint density at radius 1 is 1.39 bits per heavy atom. The minimum Gasteiger partial charge on any atom is -0.495 e. The van der Waals surface area contributed by atoms with Crippen molar-refractivity contribution in [2.45, 2.75) is 35.8 Å². The fraction of sp³-hybridized carbons (Fsp3) is 0.538. The summed E-state index contributed by atoms with van der Waals surface area (Å²) in [5, 5.41) is 0. The maximum absolute atomic E-state index is 12.7. The highest BCUT2D eigenvalue weighted by Gasteiger charge is 2.49. The molecule has 0 aliphatic heterocycles. The van der Waals surface area contributed by atoms with Crippen LogP contribution in [0.4, 0.5) is 0 Å². The molecule has 100 valence electrons. The summed E-state index contributed by atoms with van der Waals surface area (Å²) in [6.45, 7) is 2.04. The van der Waals surface area contributed by atoms with Gasteiger partial charge in [-0.3, -0.25) is 0 Å². The van der Waals surface area contributed by atoms with Gasteiger partial charge in [-0.25, -0.2) is 8.42 Å². The van der Waals surface area contributed by atoms with Gasteiger partial charge in [0.2, 0.25) is 0 Å². The summed E-state index contributed by atoms with van der Waals surface area (Å²) in [4.78, 5) is 0.273. The molecule has 0 atom stereocenters. The van der Waals surface area contributed by atoms with Gasteiger partial charge in [-0.05, 0) is 37.5 Å². The van der Waals surface area contributed by atoms with Crippen LogP contribution in [-0.2, 0) is 9.84 Å². The second kappa shape index (κ2) is 4.55. The Kier molecular flexibility index (Phi) is 3.38. The lowest BCUT2D eigenvalue weighted by Crippen LogP contribution is -2.51. The van der Waals surface area contributed by atoms with Crippen LogP contribution in [-0.4, -0.2) is 26.8 Å². The lowest BCUT2D eigenvalue weighted by atomic mass is 9.84. The van der Waals surface area contributed by atoms with Gasteiger partial charge >= 0.3 is 0 Å². The van der Waals surface area contributed by atoms with E-state index >= 15 is 0 Å². The molecule has 0 saturated heterocycles. The maximum Gasteiger partial charge on any atom is 0.188 e. The molecule has 1 saturated carbocycles. The van der Waals surface area contributed by atoms with Crippen LogP contribution in [0.1, 0.15) is 24.8 Å². The molecular weight excluding hydrogens is 250 g/mol. The highest BCUT2D eigenvalue weighted by atomic mass is 32.2. The molecule has 1 aromatic carbocycles. The van der Waals surface area contributed by atoms with Gasteiger partial charge in [0.05, 0.1) is 11.9 Å². The molecule has 1 aliphatic rings. The third kappa shape index (κ3) is 1.82. The monoisotopic (exact) mass is 269 g/mol. The summed E-state index contributed by atoms with van der Waals surface area (Å²) in [5.41, 5.74) is 6.61. The summed E-state index contributed by atoms with van der Waals surface area (Å²) >= 11 is 0. The van der Waals surface area contributed by atoms with E-state index in [1.165, 1.54) is 7.11 Å². The van der Waals surface area contributed by atoms with Crippen LogP contribution in [0.25, 0.3) is 0 Å². The van der Waals surface area contributed by atoms with Crippen LogP contribution in [0, 0.1) is 6.92 Å². The second-order valence-electron chi connectivity index (χ2n) is 4.90. The normalized spacial score (nSPS) is 18.2. The van der Waals surface area contributed by atoms with E-state index in [0.29, 0.717) is 18.6 Å². The number of aryl methyl sites for hydroxylation is 1. The second-order valence-corrected chi connectivity index (χ2v) is 7.21. The van der Waals surface area contributed by atoms with Crippen molar-refractivity contribution in [1.82, 2.24) is 0 Å². The lowest BCUT2D eigenvalue weighted by Gasteiger charge is -2.40. The van der Waals surface area contributed by atoms with Gasteiger partial charge in [0.1, 0.15) is 10.6 Å². The molecule has 0 unspecified atom stereocenters. The van der Waals surface area contributed by atoms with Crippen molar-refractivity contribution < 1.29 is 13.2 Å². The fourth-order valence-corrected chi connectivity index (χ4v) is 4.65. The van der Waals surface area contributed by atoms with Crippen molar-refractivity contribution in [3.05, 3.63) is 23.8 Å². The van der Waals surface area contributed by atoms with Crippen LogP contribution in [0.5, 0.6) is 5.75 Å². The molecule has 0 radical (unpaired) electrons. The van der Waals surface area contributed by atoms with E-state index < -0.39 is 14.6 Å². The molecule has 1 aliphatic carbocycles. The first kappa shape index (κ1) is 13.4. The van der Waals surface area contributed by atoms with Crippen molar-refractivity contribution >= 4 is 9.84 Å². The number of hydrogen-bond donors (Lipinski definition) is 1. The largest absolute Gasteiger partial charge is 0.495 e. The Morgan fingerprint density at radius 2 is 2.06 bits per heavy atom. The number of methoxy groups -OCH3 is 1. The molecule has 0 bridgehead atoms. The van der Waals surface area contributed by atoms with E-state index in [9.17, 15) is 8.42 Å². The number of ether oxygens (including phenoxy) is 1. The Morgan fingerprint density at radius 3 is 2.50 bits per heavy atom. The summed E-state index contributed by atoms with van der Waals surface area (Å²) in [6, 6.07) is 5.21. The van der Waals surface area contributed by atoms with Crippen molar-refractivity contribution in [2.75, 3.05) is 13.7 Å². The van der Waals surface area contributed by atoms with E-state index in [1.54, 1.807) is 12.1 Å². The molecule has 0 heterocycles. The molecule has 2 N–H and O–H groups in total. The van der Waals surface area contributed by atoms with Crippen LogP contribution >= 0.6 is 0 Å². The van der Waals surface area contributed by atoms with Crippen LogP contribution in [0.15, 0.2) is 23.1 Å². The van der Waals surface area contributed by atoms with E-state index in [1.807, 2.05) is 13.0 Å². The molecule has 2 rings (SSSR count). The first-order valence-corrected chi connectivity index (χ1v) is 7.54. The van der Waals surface area contributed by atoms with Gasteiger partial charge in [-0.15, -0.1) is 0 Å². The first-order valence-electron chi connectivity index (χ1n) is 6.06. The molecule has 0 spiro atoms. The molecule has 0 aromatic heterocycles. The van der Waals surface area contributed by atoms with E-state index in [4.69, 9.17) is 10.5 Å². The van der Waals surface area contributed by atoms with Crippen LogP contribution in [0.2, 0.25) is 0 Å². The summed E-state index contributed by atoms with van der Waals surface area (Å²) in [7, 11) is -1.94. The van der Waals surface area contributed by atoms with Gasteiger partial charge in [0, 0.05) is 6.54 Å². The molecular formula is C13H19NO3S. The van der Waals surface area contributed by atoms with Crippen molar-refractivity contribution in [3.63, 3.8) is 0 Å². The summed E-state index contributed by atoms with van der Waals surface area (Å²) in [5.74, 6) is 0.403. The van der Waals surface area contributed by atoms with E-state index in [-0.39, 0.29) is 11.4 Å². The zero-order chi connectivity index (χ0) is 13.4. The molecule has 4 nitrogen and oxygen atoms in total.